The average Bonchev–Trinajstić information content (AvgIpc) is 2.85. The maximum absolute atomic E-state index is 14.5. The molecular formula is C29H24F6N2O2. The van der Waals surface area contributed by atoms with Crippen LogP contribution in [-0.4, -0.2) is 10.2 Å². The first-order valence-corrected chi connectivity index (χ1v) is 11.6. The molecular weight excluding hydrogens is 522 g/mol. The molecule has 0 amide bonds. The minimum atomic E-state index is -4.92. The van der Waals surface area contributed by atoms with E-state index in [4.69, 9.17) is 11.5 Å². The molecule has 0 unspecified atom stereocenters. The fourth-order valence-corrected chi connectivity index (χ4v) is 4.97. The summed E-state index contributed by atoms with van der Waals surface area (Å²) < 4.78 is 86.7. The molecule has 0 fully saturated rings. The van der Waals surface area contributed by atoms with Crippen molar-refractivity contribution in [3.63, 3.8) is 0 Å². The first kappa shape index (κ1) is 27.7. The summed E-state index contributed by atoms with van der Waals surface area (Å²) in [5.74, 6) is -0.581. The van der Waals surface area contributed by atoms with E-state index in [1.807, 2.05) is 0 Å². The number of rotatable bonds is 4. The van der Waals surface area contributed by atoms with E-state index < -0.39 is 40.0 Å². The minimum absolute atomic E-state index is 0.00493. The monoisotopic (exact) mass is 546 g/mol. The Bertz CT molecular complexity index is 1440. The molecule has 0 heterocycles. The number of alkyl halides is 6. The van der Waals surface area contributed by atoms with Gasteiger partial charge in [0.15, 0.2) is 0 Å². The summed E-state index contributed by atoms with van der Waals surface area (Å²) in [4.78, 5) is 0. The summed E-state index contributed by atoms with van der Waals surface area (Å²) in [6.07, 6.45) is -9.83. The third-order valence-corrected chi connectivity index (χ3v) is 6.67. The standard InChI is InChI=1S/C29H24F6N2O2/c1-27(2,25-17(5-3-7-19(25)28(30,31)32)15-9-11-23(38)21(36)13-15)26-18(6-4-8-20(26)29(33,34)35)16-10-12-24(39)22(37)14-16/h3-14,38-39H,36-37H2,1-2H3. The van der Waals surface area contributed by atoms with Crippen LogP contribution in [0.3, 0.4) is 0 Å². The van der Waals surface area contributed by atoms with E-state index in [1.165, 1.54) is 62.4 Å². The lowest BCUT2D eigenvalue weighted by Gasteiger charge is -2.35. The second kappa shape index (κ2) is 9.44. The molecule has 4 nitrogen and oxygen atoms in total. The van der Waals surface area contributed by atoms with Crippen LogP contribution >= 0.6 is 0 Å². The van der Waals surface area contributed by atoms with Crippen molar-refractivity contribution in [3.8, 4) is 33.8 Å². The van der Waals surface area contributed by atoms with Crippen LogP contribution in [0, 0.1) is 0 Å². The number of hydrogen-bond donors (Lipinski definition) is 4. The Kier molecular flexibility index (Phi) is 6.70. The molecule has 4 aromatic rings. The minimum Gasteiger partial charge on any atom is -0.506 e. The lowest BCUT2D eigenvalue weighted by Crippen LogP contribution is -2.29. The van der Waals surface area contributed by atoms with Crippen LogP contribution in [0.1, 0.15) is 36.1 Å². The average molecular weight is 547 g/mol. The van der Waals surface area contributed by atoms with E-state index in [9.17, 15) is 36.6 Å². The van der Waals surface area contributed by atoms with Crippen LogP contribution < -0.4 is 11.5 Å². The molecule has 0 bridgehead atoms. The molecule has 204 valence electrons. The molecule has 0 aliphatic carbocycles. The van der Waals surface area contributed by atoms with Gasteiger partial charge in [-0.3, -0.25) is 0 Å². The Morgan fingerprint density at radius 3 is 1.23 bits per heavy atom. The van der Waals surface area contributed by atoms with Crippen LogP contribution in [0.25, 0.3) is 22.3 Å². The summed E-state index contributed by atoms with van der Waals surface area (Å²) in [5.41, 5.74) is 6.79. The molecule has 10 heteroatoms. The highest BCUT2D eigenvalue weighted by atomic mass is 19.4. The van der Waals surface area contributed by atoms with Crippen LogP contribution in [0.5, 0.6) is 11.5 Å². The van der Waals surface area contributed by atoms with E-state index in [0.29, 0.717) is 0 Å². The number of halogens is 6. The molecule has 0 saturated heterocycles. The van der Waals surface area contributed by atoms with Crippen molar-refractivity contribution in [3.05, 3.63) is 95.1 Å². The van der Waals surface area contributed by atoms with Gasteiger partial charge in [-0.15, -0.1) is 0 Å². The molecule has 4 rings (SSSR count). The van der Waals surface area contributed by atoms with Gasteiger partial charge in [0.2, 0.25) is 0 Å². The van der Waals surface area contributed by atoms with Crippen molar-refractivity contribution < 1.29 is 36.6 Å². The quantitative estimate of drug-likeness (QED) is 0.119. The molecule has 0 radical (unpaired) electrons. The molecule has 0 spiro atoms. The normalized spacial score (nSPS) is 12.5. The number of phenolic OH excluding ortho intramolecular Hbond substituents is 2. The Labute approximate surface area is 220 Å². The number of nitrogens with two attached hydrogens (primary N) is 2. The summed E-state index contributed by atoms with van der Waals surface area (Å²) in [7, 11) is 0. The highest BCUT2D eigenvalue weighted by Gasteiger charge is 2.45. The van der Waals surface area contributed by atoms with Crippen LogP contribution in [0.15, 0.2) is 72.8 Å². The lowest BCUT2D eigenvalue weighted by atomic mass is 9.69. The van der Waals surface area contributed by atoms with Crippen molar-refractivity contribution >= 4 is 11.4 Å². The second-order valence-corrected chi connectivity index (χ2v) is 9.62. The molecule has 0 atom stereocenters. The molecule has 0 aliphatic heterocycles. The number of hydrogen-bond acceptors (Lipinski definition) is 4. The van der Waals surface area contributed by atoms with E-state index in [2.05, 4.69) is 0 Å². The van der Waals surface area contributed by atoms with Crippen molar-refractivity contribution in [2.45, 2.75) is 31.6 Å². The molecule has 0 aromatic heterocycles. The summed E-state index contributed by atoms with van der Waals surface area (Å²) in [5, 5.41) is 19.7. The van der Waals surface area contributed by atoms with Gasteiger partial charge in [-0.05, 0) is 69.8 Å². The third kappa shape index (κ3) is 5.06. The number of nitrogen functional groups attached to an aromatic ring is 2. The van der Waals surface area contributed by atoms with E-state index >= 15 is 0 Å². The molecule has 0 saturated carbocycles. The topological polar surface area (TPSA) is 92.5 Å². The fraction of sp³-hybridized carbons (Fsp3) is 0.172. The van der Waals surface area contributed by atoms with Crippen LogP contribution in [0.2, 0.25) is 0 Å². The zero-order valence-corrected chi connectivity index (χ0v) is 20.7. The van der Waals surface area contributed by atoms with Crippen molar-refractivity contribution in [2.24, 2.45) is 0 Å². The van der Waals surface area contributed by atoms with Crippen LogP contribution in [0.4, 0.5) is 37.7 Å². The number of benzene rings is 4. The molecule has 39 heavy (non-hydrogen) atoms. The van der Waals surface area contributed by atoms with Gasteiger partial charge in [0.05, 0.1) is 22.5 Å². The zero-order valence-electron chi connectivity index (χ0n) is 20.7. The van der Waals surface area contributed by atoms with Gasteiger partial charge in [-0.1, -0.05) is 50.2 Å². The Balaban J connectivity index is 2.15. The van der Waals surface area contributed by atoms with E-state index in [1.54, 1.807) is 0 Å². The predicted molar refractivity (Wildman–Crippen MR) is 138 cm³/mol. The Hall–Kier alpha value is -4.34. The first-order chi connectivity index (χ1) is 18.0. The first-order valence-electron chi connectivity index (χ1n) is 11.6. The summed E-state index contributed by atoms with van der Waals surface area (Å²) in [6.45, 7) is 2.59. The van der Waals surface area contributed by atoms with Crippen molar-refractivity contribution in [1.29, 1.82) is 0 Å². The number of aromatic hydroxyl groups is 2. The van der Waals surface area contributed by atoms with Gasteiger partial charge in [0.1, 0.15) is 11.5 Å². The van der Waals surface area contributed by atoms with Crippen molar-refractivity contribution in [2.75, 3.05) is 11.5 Å². The van der Waals surface area contributed by atoms with E-state index in [-0.39, 0.29) is 45.1 Å². The van der Waals surface area contributed by atoms with Crippen LogP contribution in [-0.2, 0) is 17.8 Å². The third-order valence-electron chi connectivity index (χ3n) is 6.67. The lowest BCUT2D eigenvalue weighted by molar-refractivity contribution is -0.139. The van der Waals surface area contributed by atoms with Gasteiger partial charge in [-0.25, -0.2) is 0 Å². The smallest absolute Gasteiger partial charge is 0.416 e. The number of phenols is 2. The summed E-state index contributed by atoms with van der Waals surface area (Å²) in [6, 6.07) is 14.3. The number of anilines is 2. The van der Waals surface area contributed by atoms with Gasteiger partial charge in [-0.2, -0.15) is 26.3 Å². The zero-order chi connectivity index (χ0) is 28.9. The predicted octanol–water partition coefficient (Wildman–Crippen LogP) is 7.96. The maximum atomic E-state index is 14.5. The van der Waals surface area contributed by atoms with Gasteiger partial charge in [0.25, 0.3) is 0 Å². The Morgan fingerprint density at radius 2 is 0.923 bits per heavy atom. The van der Waals surface area contributed by atoms with Crippen molar-refractivity contribution in [1.82, 2.24) is 0 Å². The van der Waals surface area contributed by atoms with Gasteiger partial charge < -0.3 is 21.7 Å². The SMILES string of the molecule is CC(C)(c1c(-c2ccc(O)c(N)c2)cccc1C(F)(F)F)c1c(-c2ccc(O)c(N)c2)cccc1C(F)(F)F. The highest BCUT2D eigenvalue weighted by Crippen LogP contribution is 2.51. The largest absolute Gasteiger partial charge is 0.506 e. The molecule has 0 aliphatic rings. The Morgan fingerprint density at radius 1 is 0.564 bits per heavy atom. The fourth-order valence-electron chi connectivity index (χ4n) is 4.97. The maximum Gasteiger partial charge on any atom is 0.416 e. The second-order valence-electron chi connectivity index (χ2n) is 9.62. The molecule has 6 N–H and O–H groups in total. The summed E-state index contributed by atoms with van der Waals surface area (Å²) >= 11 is 0. The van der Waals surface area contributed by atoms with Gasteiger partial charge >= 0.3 is 12.4 Å². The molecule has 4 aromatic carbocycles. The van der Waals surface area contributed by atoms with E-state index in [0.717, 1.165) is 24.3 Å². The van der Waals surface area contributed by atoms with Gasteiger partial charge in [0, 0.05) is 5.41 Å². The highest BCUT2D eigenvalue weighted by molar-refractivity contribution is 5.80.